The van der Waals surface area contributed by atoms with Crippen LogP contribution in [0.1, 0.15) is 51.3 Å². The van der Waals surface area contributed by atoms with Crippen molar-refractivity contribution >= 4 is 29.2 Å². The number of ether oxygens (including phenoxy) is 2. The van der Waals surface area contributed by atoms with Crippen LogP contribution in [0.25, 0.3) is 0 Å². The number of anilines is 2. The number of benzene rings is 3. The monoisotopic (exact) mass is 515 g/mol. The Kier molecular flexibility index (Phi) is 8.63. The molecule has 3 aromatic rings. The zero-order chi connectivity index (χ0) is 27.1. The van der Waals surface area contributed by atoms with Crippen molar-refractivity contribution < 1.29 is 23.9 Å². The fourth-order valence-corrected chi connectivity index (χ4v) is 4.29. The second-order valence-electron chi connectivity index (χ2n) is 9.19. The summed E-state index contributed by atoms with van der Waals surface area (Å²) in [6.45, 7) is 6.25. The lowest BCUT2D eigenvalue weighted by Gasteiger charge is -2.37. The topological polar surface area (TPSA) is 88.2 Å². The highest BCUT2D eigenvalue weighted by Crippen LogP contribution is 2.30. The molecule has 38 heavy (non-hydrogen) atoms. The molecular formula is C30H33N3O5. The lowest BCUT2D eigenvalue weighted by atomic mass is 10.1. The highest BCUT2D eigenvalue weighted by atomic mass is 16.5. The summed E-state index contributed by atoms with van der Waals surface area (Å²) in [5.41, 5.74) is 2.70. The number of methoxy groups -OCH3 is 1. The van der Waals surface area contributed by atoms with Gasteiger partial charge < -0.3 is 24.6 Å². The van der Waals surface area contributed by atoms with Crippen molar-refractivity contribution in [3.63, 3.8) is 0 Å². The molecule has 1 aliphatic rings. The number of nitrogens with one attached hydrogen (secondary N) is 1. The van der Waals surface area contributed by atoms with Gasteiger partial charge in [-0.05, 0) is 61.9 Å². The van der Waals surface area contributed by atoms with Gasteiger partial charge in [-0.25, -0.2) is 4.79 Å². The van der Waals surface area contributed by atoms with Gasteiger partial charge in [0.1, 0.15) is 5.75 Å². The fraction of sp³-hybridized carbons (Fsp3) is 0.300. The Bertz CT molecular complexity index is 1290. The Hall–Kier alpha value is -4.33. The minimum atomic E-state index is -0.491. The first-order chi connectivity index (χ1) is 18.4. The SMILES string of the molecule is CC[C@@H](C)Oc1cccc(C(=O)Nc2cc(C(=O)OC)ccc2N2CCN(C(=O)c3ccccc3)CC2)c1. The van der Waals surface area contributed by atoms with Crippen molar-refractivity contribution in [3.8, 4) is 5.75 Å². The molecule has 0 radical (unpaired) electrons. The van der Waals surface area contributed by atoms with Crippen molar-refractivity contribution in [2.45, 2.75) is 26.4 Å². The Morgan fingerprint density at radius 1 is 0.868 bits per heavy atom. The molecule has 8 heteroatoms. The predicted molar refractivity (Wildman–Crippen MR) is 147 cm³/mol. The minimum absolute atomic E-state index is 0.000641. The smallest absolute Gasteiger partial charge is 0.337 e. The molecular weight excluding hydrogens is 482 g/mol. The van der Waals surface area contributed by atoms with Crippen molar-refractivity contribution in [2.24, 2.45) is 0 Å². The zero-order valence-corrected chi connectivity index (χ0v) is 22.0. The van der Waals surface area contributed by atoms with Crippen LogP contribution in [-0.2, 0) is 4.74 Å². The third-order valence-corrected chi connectivity index (χ3v) is 6.60. The molecule has 1 atom stereocenters. The number of carbonyl (C=O) groups excluding carboxylic acids is 3. The standard InChI is InChI=1S/C30H33N3O5/c1-4-21(2)38-25-12-8-11-23(19-25)28(34)31-26-20-24(30(36)37-3)13-14-27(26)32-15-17-33(18-16-32)29(35)22-9-6-5-7-10-22/h5-14,19-21H,4,15-18H2,1-3H3,(H,31,34)/t21-/m1/s1. The highest BCUT2D eigenvalue weighted by Gasteiger charge is 2.25. The first-order valence-corrected chi connectivity index (χ1v) is 12.8. The van der Waals surface area contributed by atoms with Crippen LogP contribution >= 0.6 is 0 Å². The van der Waals surface area contributed by atoms with Gasteiger partial charge >= 0.3 is 5.97 Å². The van der Waals surface area contributed by atoms with E-state index in [2.05, 4.69) is 10.2 Å². The van der Waals surface area contributed by atoms with Crippen LogP contribution in [0.4, 0.5) is 11.4 Å². The predicted octanol–water partition coefficient (Wildman–Crippen LogP) is 4.87. The molecule has 1 N–H and O–H groups in total. The molecule has 0 bridgehead atoms. The Morgan fingerprint density at radius 3 is 2.26 bits per heavy atom. The zero-order valence-electron chi connectivity index (χ0n) is 22.0. The lowest BCUT2D eigenvalue weighted by Crippen LogP contribution is -2.49. The maximum atomic E-state index is 13.3. The van der Waals surface area contributed by atoms with E-state index < -0.39 is 5.97 Å². The van der Waals surface area contributed by atoms with Gasteiger partial charge in [0.05, 0.1) is 30.2 Å². The molecule has 1 aliphatic heterocycles. The number of esters is 1. The van der Waals surface area contributed by atoms with E-state index >= 15 is 0 Å². The van der Waals surface area contributed by atoms with Crippen LogP contribution in [0.2, 0.25) is 0 Å². The van der Waals surface area contributed by atoms with E-state index in [1.807, 2.05) is 55.1 Å². The normalized spacial score (nSPS) is 14.0. The molecule has 1 fully saturated rings. The summed E-state index contributed by atoms with van der Waals surface area (Å²) in [6, 6.07) is 21.4. The number of carbonyl (C=O) groups is 3. The largest absolute Gasteiger partial charge is 0.491 e. The summed E-state index contributed by atoms with van der Waals surface area (Å²) in [5.74, 6) is -0.191. The van der Waals surface area contributed by atoms with E-state index in [-0.39, 0.29) is 17.9 Å². The third-order valence-electron chi connectivity index (χ3n) is 6.60. The molecule has 1 saturated heterocycles. The van der Waals surface area contributed by atoms with Gasteiger partial charge in [0.15, 0.2) is 0 Å². The average Bonchev–Trinajstić information content (AvgIpc) is 2.97. The van der Waals surface area contributed by atoms with E-state index in [0.717, 1.165) is 12.1 Å². The lowest BCUT2D eigenvalue weighted by molar-refractivity contribution is 0.0600. The molecule has 1 heterocycles. The molecule has 3 aromatic carbocycles. The van der Waals surface area contributed by atoms with E-state index in [9.17, 15) is 14.4 Å². The van der Waals surface area contributed by atoms with Crippen LogP contribution < -0.4 is 15.0 Å². The summed E-state index contributed by atoms with van der Waals surface area (Å²) in [6.07, 6.45) is 0.883. The summed E-state index contributed by atoms with van der Waals surface area (Å²) in [7, 11) is 1.32. The van der Waals surface area contributed by atoms with E-state index in [1.54, 1.807) is 36.4 Å². The number of piperazine rings is 1. The number of rotatable bonds is 8. The van der Waals surface area contributed by atoms with E-state index in [1.165, 1.54) is 7.11 Å². The Labute approximate surface area is 223 Å². The summed E-state index contributed by atoms with van der Waals surface area (Å²) in [5, 5.41) is 2.97. The number of amides is 2. The number of hydrogen-bond acceptors (Lipinski definition) is 6. The molecule has 8 nitrogen and oxygen atoms in total. The quantitative estimate of drug-likeness (QED) is 0.431. The first-order valence-electron chi connectivity index (χ1n) is 12.8. The number of nitrogens with zero attached hydrogens (tertiary/aromatic N) is 2. The summed E-state index contributed by atoms with van der Waals surface area (Å²) in [4.78, 5) is 42.3. The molecule has 0 aliphatic carbocycles. The summed E-state index contributed by atoms with van der Waals surface area (Å²) >= 11 is 0. The van der Waals surface area contributed by atoms with Gasteiger partial charge in [-0.2, -0.15) is 0 Å². The fourth-order valence-electron chi connectivity index (χ4n) is 4.29. The van der Waals surface area contributed by atoms with Crippen molar-refractivity contribution in [3.05, 3.63) is 89.5 Å². The molecule has 198 valence electrons. The highest BCUT2D eigenvalue weighted by molar-refractivity contribution is 6.07. The average molecular weight is 516 g/mol. The van der Waals surface area contributed by atoms with Crippen LogP contribution in [0.5, 0.6) is 5.75 Å². The molecule has 4 rings (SSSR count). The van der Waals surface area contributed by atoms with Crippen LogP contribution in [0.15, 0.2) is 72.8 Å². The van der Waals surface area contributed by atoms with Gasteiger partial charge in [0.2, 0.25) is 0 Å². The van der Waals surface area contributed by atoms with Gasteiger partial charge in [0.25, 0.3) is 11.8 Å². The summed E-state index contributed by atoms with van der Waals surface area (Å²) < 4.78 is 10.8. The molecule has 0 unspecified atom stereocenters. The second-order valence-corrected chi connectivity index (χ2v) is 9.19. The Balaban J connectivity index is 1.53. The van der Waals surface area contributed by atoms with Gasteiger partial charge in [-0.3, -0.25) is 9.59 Å². The van der Waals surface area contributed by atoms with Crippen LogP contribution in [0.3, 0.4) is 0 Å². The van der Waals surface area contributed by atoms with Crippen molar-refractivity contribution in [2.75, 3.05) is 43.5 Å². The van der Waals surface area contributed by atoms with Crippen LogP contribution in [-0.4, -0.2) is 62.1 Å². The maximum Gasteiger partial charge on any atom is 0.337 e. The second kappa shape index (κ2) is 12.3. The van der Waals surface area contributed by atoms with Crippen molar-refractivity contribution in [1.29, 1.82) is 0 Å². The maximum absolute atomic E-state index is 13.3. The molecule has 0 spiro atoms. The molecule has 2 amide bonds. The van der Waals surface area contributed by atoms with Gasteiger partial charge in [-0.15, -0.1) is 0 Å². The number of hydrogen-bond donors (Lipinski definition) is 1. The van der Waals surface area contributed by atoms with Crippen LogP contribution in [0, 0.1) is 0 Å². The molecule has 0 saturated carbocycles. The third kappa shape index (κ3) is 6.32. The van der Waals surface area contributed by atoms with Crippen molar-refractivity contribution in [1.82, 2.24) is 4.90 Å². The van der Waals surface area contributed by atoms with Gasteiger partial charge in [0, 0.05) is 37.3 Å². The minimum Gasteiger partial charge on any atom is -0.491 e. The molecule has 0 aromatic heterocycles. The van der Waals surface area contributed by atoms with Gasteiger partial charge in [-0.1, -0.05) is 31.2 Å². The first kappa shape index (κ1) is 26.7. The van der Waals surface area contributed by atoms with E-state index in [0.29, 0.717) is 54.3 Å². The Morgan fingerprint density at radius 2 is 1.58 bits per heavy atom. The van der Waals surface area contributed by atoms with E-state index in [4.69, 9.17) is 9.47 Å².